The minimum absolute atomic E-state index is 0.00934. The molecule has 5 aromatic rings. The molecule has 41 heavy (non-hydrogen) atoms. The van der Waals surface area contributed by atoms with Crippen molar-refractivity contribution in [1.29, 1.82) is 0 Å². The van der Waals surface area contributed by atoms with Crippen molar-refractivity contribution in [2.45, 2.75) is 26.4 Å². The third-order valence-corrected chi connectivity index (χ3v) is 8.51. The van der Waals surface area contributed by atoms with Crippen LogP contribution in [0.5, 0.6) is 0 Å². The molecule has 0 unspecified atom stereocenters. The van der Waals surface area contributed by atoms with Gasteiger partial charge >= 0.3 is 0 Å². The molecule has 7 heteroatoms. The fourth-order valence-corrected chi connectivity index (χ4v) is 6.10. The molecule has 2 N–H and O–H groups in total. The van der Waals surface area contributed by atoms with Gasteiger partial charge in [-0.3, -0.25) is 19.7 Å². The van der Waals surface area contributed by atoms with Crippen LogP contribution in [0.15, 0.2) is 84.2 Å². The Morgan fingerprint density at radius 3 is 2.41 bits per heavy atom. The molecular formula is C34H35N5OS. The fraction of sp³-hybridized carbons (Fsp3) is 0.235. The lowest BCUT2D eigenvalue weighted by Crippen LogP contribution is -2.45. The molecule has 3 aromatic carbocycles. The zero-order chi connectivity index (χ0) is 28.0. The average Bonchev–Trinajstić information content (AvgIpc) is 3.63. The fourth-order valence-electron chi connectivity index (χ4n) is 5.40. The van der Waals surface area contributed by atoms with Crippen LogP contribution >= 0.6 is 11.3 Å². The van der Waals surface area contributed by atoms with E-state index in [0.717, 1.165) is 77.6 Å². The number of amides is 1. The van der Waals surface area contributed by atoms with Crippen LogP contribution in [0.4, 0.5) is 5.69 Å². The molecule has 3 heterocycles. The molecule has 208 valence electrons. The second-order valence-electron chi connectivity index (χ2n) is 10.7. The summed E-state index contributed by atoms with van der Waals surface area (Å²) in [6.45, 7) is 8.34. The lowest BCUT2D eigenvalue weighted by Gasteiger charge is -2.34. The van der Waals surface area contributed by atoms with E-state index in [1.165, 1.54) is 11.1 Å². The SMILES string of the molecule is Cc1cc2[nH]nc(/C=C/c3cccc(CN4CCN(Cc5ccccc5)CC4)c3)c2cc1NC(=O)Cc1cccs1. The zero-order valence-corrected chi connectivity index (χ0v) is 24.2. The number of anilines is 1. The molecule has 2 aromatic heterocycles. The highest BCUT2D eigenvalue weighted by Crippen LogP contribution is 2.26. The topological polar surface area (TPSA) is 64.3 Å². The number of carbonyl (C=O) groups excluding carboxylic acids is 1. The summed E-state index contributed by atoms with van der Waals surface area (Å²) in [6.07, 6.45) is 4.55. The van der Waals surface area contributed by atoms with E-state index in [9.17, 15) is 4.79 Å². The molecule has 1 fully saturated rings. The van der Waals surface area contributed by atoms with E-state index in [1.54, 1.807) is 11.3 Å². The van der Waals surface area contributed by atoms with Crippen molar-refractivity contribution in [2.75, 3.05) is 31.5 Å². The van der Waals surface area contributed by atoms with Crippen molar-refractivity contribution in [3.63, 3.8) is 0 Å². The molecule has 1 saturated heterocycles. The highest BCUT2D eigenvalue weighted by molar-refractivity contribution is 7.10. The number of fused-ring (bicyclic) bond motifs is 1. The summed E-state index contributed by atoms with van der Waals surface area (Å²) < 4.78 is 0. The molecule has 6 rings (SSSR count). The number of carbonyl (C=O) groups is 1. The summed E-state index contributed by atoms with van der Waals surface area (Å²) in [5, 5.41) is 13.8. The third kappa shape index (κ3) is 7.00. The summed E-state index contributed by atoms with van der Waals surface area (Å²) in [6, 6.07) is 27.5. The van der Waals surface area contributed by atoms with E-state index in [0.29, 0.717) is 6.42 Å². The smallest absolute Gasteiger partial charge is 0.229 e. The first-order valence-electron chi connectivity index (χ1n) is 14.2. The van der Waals surface area contributed by atoms with E-state index in [-0.39, 0.29) is 5.91 Å². The Balaban J connectivity index is 1.08. The number of piperazine rings is 1. The lowest BCUT2D eigenvalue weighted by molar-refractivity contribution is -0.115. The quantitative estimate of drug-likeness (QED) is 0.213. The van der Waals surface area contributed by atoms with E-state index >= 15 is 0 Å². The van der Waals surface area contributed by atoms with Gasteiger partial charge in [0, 0.05) is 55.2 Å². The molecule has 1 amide bonds. The summed E-state index contributed by atoms with van der Waals surface area (Å²) in [5.41, 5.74) is 7.49. The van der Waals surface area contributed by atoms with Crippen LogP contribution in [-0.4, -0.2) is 52.1 Å². The third-order valence-electron chi connectivity index (χ3n) is 7.63. The minimum Gasteiger partial charge on any atom is -0.326 e. The molecule has 0 bridgehead atoms. The van der Waals surface area contributed by atoms with Crippen LogP contribution in [0.1, 0.15) is 32.8 Å². The highest BCUT2D eigenvalue weighted by Gasteiger charge is 2.17. The van der Waals surface area contributed by atoms with Crippen LogP contribution in [0, 0.1) is 6.92 Å². The van der Waals surface area contributed by atoms with Gasteiger partial charge in [0.1, 0.15) is 0 Å². The Hall–Kier alpha value is -4.04. The van der Waals surface area contributed by atoms with Gasteiger partial charge in [-0.05, 0) is 58.8 Å². The van der Waals surface area contributed by atoms with Gasteiger partial charge in [0.25, 0.3) is 0 Å². The average molecular weight is 562 g/mol. The van der Waals surface area contributed by atoms with Crippen molar-refractivity contribution >= 4 is 46.0 Å². The number of nitrogens with zero attached hydrogens (tertiary/aromatic N) is 3. The normalized spacial score (nSPS) is 14.7. The van der Waals surface area contributed by atoms with Gasteiger partial charge in [0.05, 0.1) is 17.6 Å². The van der Waals surface area contributed by atoms with Crippen LogP contribution in [0.25, 0.3) is 23.1 Å². The molecule has 0 spiro atoms. The number of thiophene rings is 1. The van der Waals surface area contributed by atoms with Gasteiger partial charge in [-0.2, -0.15) is 5.10 Å². The largest absolute Gasteiger partial charge is 0.326 e. The molecule has 0 atom stereocenters. The lowest BCUT2D eigenvalue weighted by atomic mass is 10.1. The van der Waals surface area contributed by atoms with Crippen LogP contribution in [-0.2, 0) is 24.3 Å². The summed E-state index contributed by atoms with van der Waals surface area (Å²) in [7, 11) is 0. The highest BCUT2D eigenvalue weighted by atomic mass is 32.1. The molecule has 0 saturated carbocycles. The van der Waals surface area contributed by atoms with Crippen molar-refractivity contribution in [3.05, 3.63) is 117 Å². The first-order chi connectivity index (χ1) is 20.1. The second-order valence-corrected chi connectivity index (χ2v) is 11.8. The Morgan fingerprint density at radius 1 is 0.902 bits per heavy atom. The maximum absolute atomic E-state index is 12.6. The molecule has 0 aliphatic carbocycles. The number of benzene rings is 3. The molecule has 1 aliphatic heterocycles. The van der Waals surface area contributed by atoms with Crippen LogP contribution < -0.4 is 5.32 Å². The Kier molecular flexibility index (Phi) is 8.37. The van der Waals surface area contributed by atoms with Crippen LogP contribution in [0.3, 0.4) is 0 Å². The zero-order valence-electron chi connectivity index (χ0n) is 23.3. The minimum atomic E-state index is -0.00934. The van der Waals surface area contributed by atoms with Crippen molar-refractivity contribution < 1.29 is 4.79 Å². The maximum atomic E-state index is 12.6. The summed E-state index contributed by atoms with van der Waals surface area (Å²) >= 11 is 1.60. The summed E-state index contributed by atoms with van der Waals surface area (Å²) in [5.74, 6) is -0.00934. The van der Waals surface area contributed by atoms with Crippen molar-refractivity contribution in [3.8, 4) is 0 Å². The standard InChI is InChI=1S/C34H35N5OS/c1-25-19-33-30(22-32(25)35-34(40)21-29-11-6-18-41-29)31(36-37-33)13-12-26-9-5-10-28(20-26)24-39-16-14-38(15-17-39)23-27-7-3-2-4-8-27/h2-13,18-20,22H,14-17,21,23-24H2,1H3,(H,35,40)(H,36,37)/b13-12+. The van der Waals surface area contributed by atoms with Crippen molar-refractivity contribution in [1.82, 2.24) is 20.0 Å². The van der Waals surface area contributed by atoms with Gasteiger partial charge in [0.15, 0.2) is 0 Å². The molecule has 0 radical (unpaired) electrons. The predicted molar refractivity (Wildman–Crippen MR) is 170 cm³/mol. The molecule has 1 aliphatic rings. The van der Waals surface area contributed by atoms with E-state index in [1.807, 2.05) is 42.6 Å². The first kappa shape index (κ1) is 27.1. The monoisotopic (exact) mass is 561 g/mol. The van der Waals surface area contributed by atoms with E-state index < -0.39 is 0 Å². The number of aromatic nitrogens is 2. The maximum Gasteiger partial charge on any atom is 0.229 e. The number of H-pyrrole nitrogens is 1. The van der Waals surface area contributed by atoms with E-state index in [4.69, 9.17) is 0 Å². The number of nitrogens with one attached hydrogen (secondary N) is 2. The van der Waals surface area contributed by atoms with Gasteiger partial charge < -0.3 is 5.32 Å². The number of hydrogen-bond acceptors (Lipinski definition) is 5. The molecular weight excluding hydrogens is 526 g/mol. The van der Waals surface area contributed by atoms with Gasteiger partial charge in [-0.1, -0.05) is 66.7 Å². The number of hydrogen-bond donors (Lipinski definition) is 2. The van der Waals surface area contributed by atoms with Gasteiger partial charge in [-0.15, -0.1) is 11.3 Å². The number of rotatable bonds is 9. The van der Waals surface area contributed by atoms with Crippen molar-refractivity contribution in [2.24, 2.45) is 0 Å². The first-order valence-corrected chi connectivity index (χ1v) is 15.0. The second kappa shape index (κ2) is 12.6. The Bertz CT molecular complexity index is 1630. The predicted octanol–water partition coefficient (Wildman–Crippen LogP) is 6.60. The van der Waals surface area contributed by atoms with Gasteiger partial charge in [-0.25, -0.2) is 0 Å². The Labute approximate surface area is 245 Å². The van der Waals surface area contributed by atoms with E-state index in [2.05, 4.69) is 86.0 Å². The number of aromatic amines is 1. The van der Waals surface area contributed by atoms with Crippen LogP contribution in [0.2, 0.25) is 0 Å². The molecule has 6 nitrogen and oxygen atoms in total. The van der Waals surface area contributed by atoms with Gasteiger partial charge in [0.2, 0.25) is 5.91 Å². The summed E-state index contributed by atoms with van der Waals surface area (Å²) in [4.78, 5) is 18.8. The Morgan fingerprint density at radius 2 is 1.66 bits per heavy atom. The number of aryl methyl sites for hydroxylation is 1.